The second-order valence-corrected chi connectivity index (χ2v) is 5.00. The van der Waals surface area contributed by atoms with E-state index in [1.165, 1.54) is 12.8 Å². The predicted octanol–water partition coefficient (Wildman–Crippen LogP) is -0.588. The minimum Gasteiger partial charge on any atom is -0.345 e. The van der Waals surface area contributed by atoms with E-state index in [1.807, 2.05) is 0 Å². The maximum Gasteiger partial charge on any atom is 0.293 e. The first kappa shape index (κ1) is 10.6. The van der Waals surface area contributed by atoms with Crippen LogP contribution in [0.25, 0.3) is 0 Å². The number of aromatic amines is 1. The van der Waals surface area contributed by atoms with Crippen molar-refractivity contribution in [2.45, 2.75) is 31.3 Å². The maximum absolute atomic E-state index is 11.8. The molecule has 2 N–H and O–H groups in total. The Kier molecular flexibility index (Phi) is 2.54. The Morgan fingerprint density at radius 1 is 1.53 bits per heavy atom. The molecule has 1 aromatic rings. The zero-order chi connectivity index (χ0) is 11.8. The lowest BCUT2D eigenvalue weighted by Crippen LogP contribution is -2.59. The summed E-state index contributed by atoms with van der Waals surface area (Å²) in [4.78, 5) is 14.2. The highest BCUT2D eigenvalue weighted by molar-refractivity contribution is 5.90. The number of carbonyl (C=O) groups is 1. The van der Waals surface area contributed by atoms with Crippen molar-refractivity contribution in [1.29, 1.82) is 0 Å². The van der Waals surface area contributed by atoms with Crippen LogP contribution < -0.4 is 5.32 Å². The summed E-state index contributed by atoms with van der Waals surface area (Å²) < 4.78 is 0. The first-order chi connectivity index (χ1) is 8.24. The van der Waals surface area contributed by atoms with Crippen LogP contribution in [-0.2, 0) is 0 Å². The molecular weight excluding hydrogens is 220 g/mol. The van der Waals surface area contributed by atoms with Gasteiger partial charge in [-0.3, -0.25) is 4.79 Å². The van der Waals surface area contributed by atoms with Crippen LogP contribution in [0.2, 0.25) is 0 Å². The Labute approximate surface area is 98.9 Å². The van der Waals surface area contributed by atoms with Gasteiger partial charge in [0.25, 0.3) is 11.7 Å². The average Bonchev–Trinajstić information content (AvgIpc) is 2.82. The Morgan fingerprint density at radius 2 is 2.41 bits per heavy atom. The summed E-state index contributed by atoms with van der Waals surface area (Å²) in [5, 5.41) is 16.1. The molecule has 0 radical (unpaired) electrons. The quantitative estimate of drug-likeness (QED) is 0.717. The van der Waals surface area contributed by atoms with Crippen LogP contribution in [0.4, 0.5) is 0 Å². The Morgan fingerprint density at radius 3 is 3.06 bits per heavy atom. The second kappa shape index (κ2) is 4.06. The molecule has 1 amide bonds. The summed E-state index contributed by atoms with van der Waals surface area (Å²) in [6, 6.07) is 0.675. The fourth-order valence-corrected chi connectivity index (χ4v) is 3.12. The molecule has 17 heavy (non-hydrogen) atoms. The minimum atomic E-state index is -0.232. The van der Waals surface area contributed by atoms with Crippen LogP contribution in [0.15, 0.2) is 0 Å². The summed E-state index contributed by atoms with van der Waals surface area (Å²) in [7, 11) is 2.13. The number of fused-ring (bicyclic) bond motifs is 3. The van der Waals surface area contributed by atoms with Crippen LogP contribution in [0.1, 0.15) is 29.9 Å². The molecular formula is C10H16N6O. The van der Waals surface area contributed by atoms with Crippen molar-refractivity contribution in [2.75, 3.05) is 13.6 Å². The largest absolute Gasteiger partial charge is 0.345 e. The van der Waals surface area contributed by atoms with E-state index in [4.69, 9.17) is 0 Å². The molecule has 1 aromatic heterocycles. The fourth-order valence-electron chi connectivity index (χ4n) is 3.12. The molecule has 7 nitrogen and oxygen atoms in total. The molecule has 2 saturated heterocycles. The molecule has 0 aromatic carbocycles. The number of H-pyrrole nitrogens is 1. The van der Waals surface area contributed by atoms with Crippen molar-refractivity contribution in [3.05, 3.63) is 5.82 Å². The smallest absolute Gasteiger partial charge is 0.293 e. The van der Waals surface area contributed by atoms with Gasteiger partial charge in [0.2, 0.25) is 0 Å². The number of carbonyl (C=O) groups excluding carboxylic acids is 1. The first-order valence-corrected chi connectivity index (χ1v) is 5.98. The monoisotopic (exact) mass is 236 g/mol. The molecule has 1 saturated carbocycles. The van der Waals surface area contributed by atoms with Crippen LogP contribution in [0.5, 0.6) is 0 Å². The predicted molar refractivity (Wildman–Crippen MR) is 59.2 cm³/mol. The lowest BCUT2D eigenvalue weighted by atomic mass is 9.77. The summed E-state index contributed by atoms with van der Waals surface area (Å²) >= 11 is 0. The van der Waals surface area contributed by atoms with Gasteiger partial charge in [0, 0.05) is 18.6 Å². The van der Waals surface area contributed by atoms with Gasteiger partial charge >= 0.3 is 0 Å². The number of tetrazole rings is 1. The zero-order valence-electron chi connectivity index (χ0n) is 9.76. The molecule has 3 heterocycles. The highest BCUT2D eigenvalue weighted by Crippen LogP contribution is 2.34. The van der Waals surface area contributed by atoms with E-state index in [0.29, 0.717) is 12.0 Å². The van der Waals surface area contributed by atoms with Gasteiger partial charge in [0.05, 0.1) is 0 Å². The van der Waals surface area contributed by atoms with Gasteiger partial charge in [-0.1, -0.05) is 0 Å². The third kappa shape index (κ3) is 1.90. The molecule has 2 aliphatic heterocycles. The van der Waals surface area contributed by atoms with Crippen molar-refractivity contribution in [2.24, 2.45) is 5.92 Å². The minimum absolute atomic E-state index is 0.120. The van der Waals surface area contributed by atoms with E-state index in [1.54, 1.807) is 0 Å². The van der Waals surface area contributed by atoms with Crippen molar-refractivity contribution in [1.82, 2.24) is 30.8 Å². The number of nitrogens with one attached hydrogen (secondary N) is 2. The zero-order valence-corrected chi connectivity index (χ0v) is 9.76. The van der Waals surface area contributed by atoms with E-state index < -0.39 is 0 Å². The number of amides is 1. The number of hydrogen-bond acceptors (Lipinski definition) is 5. The number of rotatable bonds is 2. The topological polar surface area (TPSA) is 86.8 Å². The molecule has 3 fully saturated rings. The van der Waals surface area contributed by atoms with Crippen LogP contribution in [0.3, 0.4) is 0 Å². The third-order valence-electron chi connectivity index (χ3n) is 3.90. The van der Waals surface area contributed by atoms with Crippen LogP contribution in [-0.4, -0.2) is 57.1 Å². The van der Waals surface area contributed by atoms with Crippen LogP contribution >= 0.6 is 0 Å². The number of piperidine rings is 2. The van der Waals surface area contributed by atoms with Gasteiger partial charge in [0.15, 0.2) is 0 Å². The van der Waals surface area contributed by atoms with Gasteiger partial charge in [-0.25, -0.2) is 0 Å². The number of hydrogen-bond donors (Lipinski definition) is 2. The Hall–Kier alpha value is -1.50. The third-order valence-corrected chi connectivity index (χ3v) is 3.90. The van der Waals surface area contributed by atoms with E-state index >= 15 is 0 Å². The lowest BCUT2D eigenvalue weighted by molar-refractivity contribution is 0.0374. The Balaban J connectivity index is 1.68. The highest BCUT2D eigenvalue weighted by Gasteiger charge is 2.39. The molecule has 2 bridgehead atoms. The first-order valence-electron chi connectivity index (χ1n) is 5.98. The number of likely N-dealkylation sites (N-methyl/N-ethyl adjacent to an activating group) is 1. The van der Waals surface area contributed by atoms with Crippen molar-refractivity contribution >= 4 is 5.91 Å². The van der Waals surface area contributed by atoms with Gasteiger partial charge in [-0.05, 0) is 37.4 Å². The summed E-state index contributed by atoms with van der Waals surface area (Å²) in [6.07, 6.45) is 3.51. The van der Waals surface area contributed by atoms with Crippen LogP contribution in [0, 0.1) is 5.92 Å². The Bertz CT molecular complexity index is 405. The molecule has 3 unspecified atom stereocenters. The SMILES string of the molecule is CN1CC2CCC1C(NC(=O)c1nn[nH]n1)C2. The number of aromatic nitrogens is 4. The highest BCUT2D eigenvalue weighted by atomic mass is 16.2. The molecule has 7 heteroatoms. The summed E-state index contributed by atoms with van der Waals surface area (Å²) in [6.45, 7) is 1.15. The van der Waals surface area contributed by atoms with E-state index in [0.717, 1.165) is 13.0 Å². The van der Waals surface area contributed by atoms with Gasteiger partial charge in [-0.2, -0.15) is 5.21 Å². The second-order valence-electron chi connectivity index (χ2n) is 5.00. The number of nitrogens with zero attached hydrogens (tertiary/aromatic N) is 4. The molecule has 92 valence electrons. The van der Waals surface area contributed by atoms with Crippen molar-refractivity contribution in [3.63, 3.8) is 0 Å². The van der Waals surface area contributed by atoms with Gasteiger partial charge < -0.3 is 10.2 Å². The van der Waals surface area contributed by atoms with Crippen molar-refractivity contribution < 1.29 is 4.79 Å². The van der Waals surface area contributed by atoms with E-state index in [-0.39, 0.29) is 17.8 Å². The molecule has 3 aliphatic rings. The van der Waals surface area contributed by atoms with Crippen molar-refractivity contribution in [3.8, 4) is 0 Å². The molecule has 4 rings (SSSR count). The molecule has 0 spiro atoms. The van der Waals surface area contributed by atoms with E-state index in [9.17, 15) is 4.79 Å². The fraction of sp³-hybridized carbons (Fsp3) is 0.800. The van der Waals surface area contributed by atoms with Gasteiger partial charge in [0.1, 0.15) is 0 Å². The van der Waals surface area contributed by atoms with E-state index in [2.05, 4.69) is 37.9 Å². The normalized spacial score (nSPS) is 32.6. The average molecular weight is 236 g/mol. The van der Waals surface area contributed by atoms with Gasteiger partial charge in [-0.15, -0.1) is 10.2 Å². The summed E-state index contributed by atoms with van der Waals surface area (Å²) in [5.74, 6) is 0.597. The standard InChI is InChI=1S/C10H16N6O/c1-16-5-6-2-3-8(16)7(4-6)11-10(17)9-12-14-15-13-9/h6-8H,2-5H2,1H3,(H,11,17)(H,12,13,14,15). The maximum atomic E-state index is 11.8. The molecule has 3 atom stereocenters. The lowest BCUT2D eigenvalue weighted by Gasteiger charge is -2.48. The summed E-state index contributed by atoms with van der Waals surface area (Å²) in [5.41, 5.74) is 0. The molecule has 1 aliphatic carbocycles.